The number of ether oxygens (including phenoxy) is 1. The van der Waals surface area contributed by atoms with Crippen molar-refractivity contribution in [2.75, 3.05) is 12.4 Å². The number of benzene rings is 3. The van der Waals surface area contributed by atoms with Crippen molar-refractivity contribution in [3.63, 3.8) is 0 Å². The van der Waals surface area contributed by atoms with E-state index >= 15 is 0 Å². The van der Waals surface area contributed by atoms with E-state index in [-0.39, 0.29) is 0 Å². The number of nitrogens with one attached hydrogen (secondary N) is 1. The number of aromatic nitrogens is 2. The number of anilines is 2. The van der Waals surface area contributed by atoms with E-state index in [0.717, 1.165) is 33.7 Å². The van der Waals surface area contributed by atoms with Gasteiger partial charge in [-0.05, 0) is 73.5 Å². The molecule has 0 fully saturated rings. The van der Waals surface area contributed by atoms with E-state index in [9.17, 15) is 0 Å². The Kier molecular flexibility index (Phi) is 4.47. The monoisotopic (exact) mass is 355 g/mol. The summed E-state index contributed by atoms with van der Waals surface area (Å²) < 4.78 is 5.25. The zero-order valence-corrected chi connectivity index (χ0v) is 15.7. The van der Waals surface area contributed by atoms with E-state index < -0.39 is 0 Å². The van der Waals surface area contributed by atoms with E-state index in [1.807, 2.05) is 48.5 Å². The Hall–Kier alpha value is -3.40. The minimum atomic E-state index is 0.684. The molecule has 0 aliphatic rings. The van der Waals surface area contributed by atoms with Gasteiger partial charge in [-0.25, -0.2) is 9.97 Å². The predicted molar refractivity (Wildman–Crippen MR) is 111 cm³/mol. The Morgan fingerprint density at radius 2 is 1.52 bits per heavy atom. The molecule has 3 aromatic carbocycles. The van der Waals surface area contributed by atoms with Crippen LogP contribution in [0.5, 0.6) is 5.75 Å². The summed E-state index contributed by atoms with van der Waals surface area (Å²) >= 11 is 0. The van der Waals surface area contributed by atoms with Crippen LogP contribution in [0.3, 0.4) is 0 Å². The molecule has 0 saturated carbocycles. The van der Waals surface area contributed by atoms with Crippen molar-refractivity contribution in [3.8, 4) is 17.1 Å². The molecule has 27 heavy (non-hydrogen) atoms. The van der Waals surface area contributed by atoms with Gasteiger partial charge in [-0.15, -0.1) is 0 Å². The van der Waals surface area contributed by atoms with E-state index in [2.05, 4.69) is 37.4 Å². The van der Waals surface area contributed by atoms with E-state index in [1.54, 1.807) is 7.11 Å². The van der Waals surface area contributed by atoms with Crippen LogP contribution >= 0.6 is 0 Å². The van der Waals surface area contributed by atoms with E-state index in [0.29, 0.717) is 5.82 Å². The quantitative estimate of drug-likeness (QED) is 0.513. The van der Waals surface area contributed by atoms with Crippen molar-refractivity contribution >= 4 is 22.4 Å². The molecule has 4 rings (SSSR count). The Bertz CT molecular complexity index is 1080. The molecular formula is C23H21N3O. The molecule has 0 radical (unpaired) electrons. The minimum Gasteiger partial charge on any atom is -0.497 e. The zero-order valence-electron chi connectivity index (χ0n) is 15.7. The molecule has 0 atom stereocenters. The number of aryl methyl sites for hydroxylation is 2. The summed E-state index contributed by atoms with van der Waals surface area (Å²) in [7, 11) is 1.66. The van der Waals surface area contributed by atoms with Crippen molar-refractivity contribution < 1.29 is 4.74 Å². The van der Waals surface area contributed by atoms with Crippen molar-refractivity contribution in [1.82, 2.24) is 9.97 Å². The van der Waals surface area contributed by atoms with Crippen molar-refractivity contribution in [2.45, 2.75) is 13.8 Å². The number of rotatable bonds is 4. The fourth-order valence-electron chi connectivity index (χ4n) is 3.22. The Labute approximate surface area is 158 Å². The van der Waals surface area contributed by atoms with Crippen LogP contribution in [0.1, 0.15) is 11.1 Å². The first kappa shape index (κ1) is 17.0. The fraction of sp³-hybridized carbons (Fsp3) is 0.130. The van der Waals surface area contributed by atoms with Crippen LogP contribution < -0.4 is 10.1 Å². The average molecular weight is 355 g/mol. The third-order valence-corrected chi connectivity index (χ3v) is 4.44. The summed E-state index contributed by atoms with van der Waals surface area (Å²) in [6.45, 7) is 4.19. The standard InChI is InChI=1S/C23H21N3O/c1-15-12-16(2)14-18(13-15)24-23-20-6-4-5-7-21(20)25-22(26-23)17-8-10-19(27-3)11-9-17/h4-14H,1-3H3,(H,24,25,26). The summed E-state index contributed by atoms with van der Waals surface area (Å²) in [6, 6.07) is 22.2. The largest absolute Gasteiger partial charge is 0.497 e. The van der Waals surface area contributed by atoms with Crippen LogP contribution in [-0.2, 0) is 0 Å². The van der Waals surface area contributed by atoms with Gasteiger partial charge >= 0.3 is 0 Å². The molecule has 0 bridgehead atoms. The first-order chi connectivity index (χ1) is 13.1. The van der Waals surface area contributed by atoms with Crippen LogP contribution in [0.2, 0.25) is 0 Å². The van der Waals surface area contributed by atoms with Gasteiger partial charge in [0.25, 0.3) is 0 Å². The van der Waals surface area contributed by atoms with Gasteiger partial charge in [-0.1, -0.05) is 18.2 Å². The number of fused-ring (bicyclic) bond motifs is 1. The van der Waals surface area contributed by atoms with Gasteiger partial charge < -0.3 is 10.1 Å². The molecule has 134 valence electrons. The average Bonchev–Trinajstić information content (AvgIpc) is 2.67. The maximum absolute atomic E-state index is 5.25. The smallest absolute Gasteiger partial charge is 0.162 e. The van der Waals surface area contributed by atoms with Crippen LogP contribution in [0.25, 0.3) is 22.3 Å². The van der Waals surface area contributed by atoms with Crippen LogP contribution in [0.4, 0.5) is 11.5 Å². The second-order valence-corrected chi connectivity index (χ2v) is 6.64. The topological polar surface area (TPSA) is 47.0 Å². The minimum absolute atomic E-state index is 0.684. The first-order valence-corrected chi connectivity index (χ1v) is 8.89. The molecule has 0 spiro atoms. The normalized spacial score (nSPS) is 10.8. The summed E-state index contributed by atoms with van der Waals surface area (Å²) in [5.41, 5.74) is 5.31. The van der Waals surface area contributed by atoms with E-state index in [1.165, 1.54) is 11.1 Å². The summed E-state index contributed by atoms with van der Waals surface area (Å²) in [5, 5.41) is 4.48. The lowest BCUT2D eigenvalue weighted by atomic mass is 10.1. The third kappa shape index (κ3) is 3.60. The molecule has 1 heterocycles. The van der Waals surface area contributed by atoms with Crippen LogP contribution in [0.15, 0.2) is 66.7 Å². The first-order valence-electron chi connectivity index (χ1n) is 8.89. The molecule has 4 aromatic rings. The number of methoxy groups -OCH3 is 1. The summed E-state index contributed by atoms with van der Waals surface area (Å²) in [6.07, 6.45) is 0. The second kappa shape index (κ2) is 7.08. The highest BCUT2D eigenvalue weighted by atomic mass is 16.5. The number of hydrogen-bond donors (Lipinski definition) is 1. The zero-order chi connectivity index (χ0) is 18.8. The number of para-hydroxylation sites is 1. The van der Waals surface area contributed by atoms with Crippen LogP contribution in [0, 0.1) is 13.8 Å². The van der Waals surface area contributed by atoms with Crippen molar-refractivity contribution in [3.05, 3.63) is 77.9 Å². The lowest BCUT2D eigenvalue weighted by molar-refractivity contribution is 0.415. The van der Waals surface area contributed by atoms with Gasteiger partial charge in [-0.3, -0.25) is 0 Å². The van der Waals surface area contributed by atoms with Crippen LogP contribution in [-0.4, -0.2) is 17.1 Å². The lowest BCUT2D eigenvalue weighted by Gasteiger charge is -2.12. The van der Waals surface area contributed by atoms with Gasteiger partial charge in [0.2, 0.25) is 0 Å². The van der Waals surface area contributed by atoms with Gasteiger partial charge in [-0.2, -0.15) is 0 Å². The summed E-state index contributed by atoms with van der Waals surface area (Å²) in [4.78, 5) is 9.56. The molecule has 0 aliphatic carbocycles. The molecule has 1 aromatic heterocycles. The number of hydrogen-bond acceptors (Lipinski definition) is 4. The molecular weight excluding hydrogens is 334 g/mol. The molecule has 1 N–H and O–H groups in total. The maximum Gasteiger partial charge on any atom is 0.162 e. The highest BCUT2D eigenvalue weighted by Crippen LogP contribution is 2.28. The van der Waals surface area contributed by atoms with Gasteiger partial charge in [0.15, 0.2) is 5.82 Å². The molecule has 4 nitrogen and oxygen atoms in total. The fourth-order valence-corrected chi connectivity index (χ4v) is 3.22. The van der Waals surface area contributed by atoms with E-state index in [4.69, 9.17) is 14.7 Å². The third-order valence-electron chi connectivity index (χ3n) is 4.44. The molecule has 0 saturated heterocycles. The molecule has 0 aliphatic heterocycles. The van der Waals surface area contributed by atoms with Gasteiger partial charge in [0.05, 0.1) is 12.6 Å². The highest BCUT2D eigenvalue weighted by molar-refractivity contribution is 5.92. The lowest BCUT2D eigenvalue weighted by Crippen LogP contribution is -2.00. The highest BCUT2D eigenvalue weighted by Gasteiger charge is 2.10. The SMILES string of the molecule is COc1ccc(-c2nc(Nc3cc(C)cc(C)c3)c3ccccc3n2)cc1. The predicted octanol–water partition coefficient (Wildman–Crippen LogP) is 5.67. The Balaban J connectivity index is 1.82. The van der Waals surface area contributed by atoms with Gasteiger partial charge in [0.1, 0.15) is 11.6 Å². The Morgan fingerprint density at radius 1 is 0.815 bits per heavy atom. The second-order valence-electron chi connectivity index (χ2n) is 6.64. The van der Waals surface area contributed by atoms with Gasteiger partial charge in [0, 0.05) is 16.6 Å². The molecule has 0 amide bonds. The van der Waals surface area contributed by atoms with Crippen molar-refractivity contribution in [1.29, 1.82) is 0 Å². The number of nitrogens with zero attached hydrogens (tertiary/aromatic N) is 2. The van der Waals surface area contributed by atoms with Crippen molar-refractivity contribution in [2.24, 2.45) is 0 Å². The Morgan fingerprint density at radius 3 is 2.22 bits per heavy atom. The molecule has 0 unspecified atom stereocenters. The molecule has 4 heteroatoms. The summed E-state index contributed by atoms with van der Waals surface area (Å²) in [5.74, 6) is 2.30. The maximum atomic E-state index is 5.25.